The molecule has 114 valence electrons. The smallest absolute Gasteiger partial charge is 0.313 e. The van der Waals surface area contributed by atoms with Gasteiger partial charge in [-0.05, 0) is 6.92 Å². The first kappa shape index (κ1) is 12.6. The van der Waals surface area contributed by atoms with E-state index in [1.54, 1.807) is 13.8 Å². The summed E-state index contributed by atoms with van der Waals surface area (Å²) in [4.78, 5) is 12.4. The minimum absolute atomic E-state index is 0.236. The van der Waals surface area contributed by atoms with E-state index in [0.717, 1.165) is 5.57 Å². The molecule has 21 heavy (non-hydrogen) atoms. The van der Waals surface area contributed by atoms with Gasteiger partial charge in [-0.1, -0.05) is 19.1 Å². The second kappa shape index (κ2) is 3.06. The van der Waals surface area contributed by atoms with Crippen molar-refractivity contribution in [1.29, 1.82) is 0 Å². The number of carbonyl (C=O) groups excluding carboxylic acids is 1. The summed E-state index contributed by atoms with van der Waals surface area (Å²) in [5.74, 6) is -1.60. The topological polar surface area (TPSA) is 91.8 Å². The molecule has 3 aliphatic heterocycles. The fourth-order valence-electron chi connectivity index (χ4n) is 5.49. The van der Waals surface area contributed by atoms with E-state index in [0.29, 0.717) is 6.61 Å². The van der Waals surface area contributed by atoms with E-state index < -0.39 is 46.8 Å². The van der Waals surface area contributed by atoms with Crippen molar-refractivity contribution in [2.45, 2.75) is 49.5 Å². The van der Waals surface area contributed by atoms with Gasteiger partial charge in [0.15, 0.2) is 0 Å². The minimum atomic E-state index is -1.47. The number of aliphatic hydroxyl groups excluding tert-OH is 1. The highest BCUT2D eigenvalue weighted by atomic mass is 16.7. The minimum Gasteiger partial charge on any atom is -0.459 e. The Labute approximate surface area is 121 Å². The Morgan fingerprint density at radius 3 is 2.67 bits per heavy atom. The van der Waals surface area contributed by atoms with E-state index in [4.69, 9.17) is 14.2 Å². The largest absolute Gasteiger partial charge is 0.459 e. The number of carbonyl (C=O) groups is 1. The molecule has 2 N–H and O–H groups in total. The lowest BCUT2D eigenvalue weighted by molar-refractivity contribution is -0.232. The van der Waals surface area contributed by atoms with Gasteiger partial charge in [0, 0.05) is 5.92 Å². The first-order chi connectivity index (χ1) is 9.80. The molecule has 5 aliphatic rings. The van der Waals surface area contributed by atoms with Gasteiger partial charge >= 0.3 is 5.97 Å². The molecule has 5 rings (SSSR count). The molecule has 0 unspecified atom stereocenters. The van der Waals surface area contributed by atoms with Crippen molar-refractivity contribution in [2.75, 3.05) is 6.61 Å². The number of epoxide rings is 2. The van der Waals surface area contributed by atoms with Gasteiger partial charge in [-0.15, -0.1) is 0 Å². The Balaban J connectivity index is 1.76. The number of hydrogen-bond donors (Lipinski definition) is 2. The average molecular weight is 294 g/mol. The number of rotatable bonds is 1. The third-order valence-electron chi connectivity index (χ3n) is 6.72. The molecule has 2 saturated carbocycles. The first-order valence-electron chi connectivity index (χ1n) is 7.36. The normalized spacial score (nSPS) is 65.8. The van der Waals surface area contributed by atoms with Gasteiger partial charge in [0.25, 0.3) is 0 Å². The standard InChI is InChI=1S/C15H18O6/c1-5(2)6-7-12(17)20-8(6)9(16)13(3)14(4-19-14)10-11(21-10)15(7,13)18/h6-11,16,18H,1,4H2,2-3H3/t6-,7+,8+,9+,10+,11-,13-,14-,15-/m0/s1. The Hall–Kier alpha value is -0.950. The summed E-state index contributed by atoms with van der Waals surface area (Å²) in [5.41, 5.74) is -2.38. The van der Waals surface area contributed by atoms with Crippen LogP contribution in [-0.2, 0) is 19.0 Å². The fraction of sp³-hybridized carbons (Fsp3) is 0.800. The molecule has 1 spiro atoms. The lowest BCUT2D eigenvalue weighted by Gasteiger charge is -2.54. The third kappa shape index (κ3) is 0.958. The van der Waals surface area contributed by atoms with Gasteiger partial charge in [0.1, 0.15) is 35.6 Å². The number of hydrogen-bond acceptors (Lipinski definition) is 6. The molecule has 6 nitrogen and oxygen atoms in total. The van der Waals surface area contributed by atoms with Gasteiger partial charge in [0.2, 0.25) is 0 Å². The average Bonchev–Trinajstić information content (AvgIpc) is 3.27. The summed E-state index contributed by atoms with van der Waals surface area (Å²) in [6.45, 7) is 7.96. The van der Waals surface area contributed by atoms with E-state index in [1.165, 1.54) is 0 Å². The molecular formula is C15H18O6. The summed E-state index contributed by atoms with van der Waals surface area (Å²) >= 11 is 0. The van der Waals surface area contributed by atoms with Crippen LogP contribution >= 0.6 is 0 Å². The zero-order chi connectivity index (χ0) is 14.9. The highest BCUT2D eigenvalue weighted by Gasteiger charge is 2.94. The van der Waals surface area contributed by atoms with Crippen molar-refractivity contribution in [3.05, 3.63) is 12.2 Å². The highest BCUT2D eigenvalue weighted by molar-refractivity contribution is 5.80. The predicted molar refractivity (Wildman–Crippen MR) is 68.1 cm³/mol. The Bertz CT molecular complexity index is 597. The van der Waals surface area contributed by atoms with Crippen LogP contribution in [0.25, 0.3) is 0 Å². The van der Waals surface area contributed by atoms with Gasteiger partial charge in [-0.3, -0.25) is 4.79 Å². The Morgan fingerprint density at radius 2 is 2.10 bits per heavy atom. The molecule has 0 radical (unpaired) electrons. The van der Waals surface area contributed by atoms with Crippen molar-refractivity contribution in [2.24, 2.45) is 17.3 Å². The monoisotopic (exact) mass is 294 g/mol. The summed E-state index contributed by atoms with van der Waals surface area (Å²) in [7, 11) is 0. The second-order valence-electron chi connectivity index (χ2n) is 7.38. The van der Waals surface area contributed by atoms with Gasteiger partial charge in [-0.2, -0.15) is 0 Å². The van der Waals surface area contributed by atoms with Crippen LogP contribution in [-0.4, -0.2) is 58.4 Å². The summed E-state index contributed by atoms with van der Waals surface area (Å²) in [6.07, 6.45) is -2.37. The molecule has 5 fully saturated rings. The molecule has 2 aliphatic carbocycles. The summed E-state index contributed by atoms with van der Waals surface area (Å²) in [6, 6.07) is 0. The van der Waals surface area contributed by atoms with E-state index >= 15 is 0 Å². The maximum absolute atomic E-state index is 12.4. The molecule has 6 heteroatoms. The lowest BCUT2D eigenvalue weighted by atomic mass is 9.52. The first-order valence-corrected chi connectivity index (χ1v) is 7.36. The van der Waals surface area contributed by atoms with Crippen LogP contribution in [0.15, 0.2) is 12.2 Å². The van der Waals surface area contributed by atoms with Crippen molar-refractivity contribution in [1.82, 2.24) is 0 Å². The fourth-order valence-corrected chi connectivity index (χ4v) is 5.49. The van der Waals surface area contributed by atoms with Crippen LogP contribution in [0.1, 0.15) is 13.8 Å². The molecule has 2 bridgehead atoms. The summed E-state index contributed by atoms with van der Waals surface area (Å²) < 4.78 is 16.7. The van der Waals surface area contributed by atoms with Crippen molar-refractivity contribution in [3.8, 4) is 0 Å². The van der Waals surface area contributed by atoms with Crippen molar-refractivity contribution in [3.63, 3.8) is 0 Å². The predicted octanol–water partition coefficient (Wildman–Crippen LogP) is -0.618. The van der Waals surface area contributed by atoms with Crippen LogP contribution < -0.4 is 0 Å². The Morgan fingerprint density at radius 1 is 1.43 bits per heavy atom. The van der Waals surface area contributed by atoms with Crippen LogP contribution in [0.5, 0.6) is 0 Å². The zero-order valence-electron chi connectivity index (χ0n) is 11.9. The van der Waals surface area contributed by atoms with E-state index in [-0.39, 0.29) is 12.0 Å². The van der Waals surface area contributed by atoms with E-state index in [1.807, 2.05) is 0 Å². The van der Waals surface area contributed by atoms with Gasteiger partial charge in [0.05, 0.1) is 17.9 Å². The van der Waals surface area contributed by atoms with Crippen LogP contribution in [0, 0.1) is 17.3 Å². The van der Waals surface area contributed by atoms with Crippen LogP contribution in [0.3, 0.4) is 0 Å². The third-order valence-corrected chi connectivity index (χ3v) is 6.72. The molecule has 3 heterocycles. The number of ether oxygens (including phenoxy) is 3. The van der Waals surface area contributed by atoms with Crippen molar-refractivity contribution >= 4 is 5.97 Å². The van der Waals surface area contributed by atoms with Crippen molar-refractivity contribution < 1.29 is 29.2 Å². The van der Waals surface area contributed by atoms with Gasteiger partial charge < -0.3 is 24.4 Å². The van der Waals surface area contributed by atoms with E-state index in [2.05, 4.69) is 6.58 Å². The van der Waals surface area contributed by atoms with Crippen LogP contribution in [0.2, 0.25) is 0 Å². The summed E-state index contributed by atoms with van der Waals surface area (Å²) in [5, 5.41) is 22.4. The second-order valence-corrected chi connectivity index (χ2v) is 7.38. The molecule has 0 aromatic heterocycles. The number of aliphatic hydroxyl groups is 2. The van der Waals surface area contributed by atoms with Crippen LogP contribution in [0.4, 0.5) is 0 Å². The number of esters is 1. The maximum atomic E-state index is 12.4. The molecular weight excluding hydrogens is 276 g/mol. The lowest BCUT2D eigenvalue weighted by Crippen LogP contribution is -2.70. The maximum Gasteiger partial charge on any atom is 0.313 e. The molecule has 0 amide bonds. The zero-order valence-corrected chi connectivity index (χ0v) is 11.9. The molecule has 3 saturated heterocycles. The highest BCUT2D eigenvalue weighted by Crippen LogP contribution is 2.75. The SMILES string of the molecule is C=C(C)[C@@H]1[C@H]2OC(=O)[C@@H]1[C@]1(O)[C@H]3O[C@H]3[C@@]3(CO3)[C@]1(C)[C@@H]2O. The number of fused-ring (bicyclic) bond motifs is 8. The van der Waals surface area contributed by atoms with E-state index in [9.17, 15) is 15.0 Å². The Kier molecular flexibility index (Phi) is 1.83. The molecule has 0 aromatic carbocycles. The quantitative estimate of drug-likeness (QED) is 0.380. The molecule has 0 aromatic rings. The molecule has 9 atom stereocenters. The van der Waals surface area contributed by atoms with Gasteiger partial charge in [-0.25, -0.2) is 0 Å².